The molecule has 0 bridgehead atoms. The van der Waals surface area contributed by atoms with Gasteiger partial charge in [-0.15, -0.1) is 0 Å². The molecule has 21 heavy (non-hydrogen) atoms. The van der Waals surface area contributed by atoms with Crippen molar-refractivity contribution < 1.29 is 14.3 Å². The highest BCUT2D eigenvalue weighted by Gasteiger charge is 2.20. The number of carbonyl (C=O) groups excluding carboxylic acids is 1. The molecule has 0 aromatic heterocycles. The van der Waals surface area contributed by atoms with Crippen molar-refractivity contribution in [2.24, 2.45) is 0 Å². The number of carbonyl (C=O) groups is 1. The van der Waals surface area contributed by atoms with E-state index in [4.69, 9.17) is 9.47 Å². The highest BCUT2D eigenvalue weighted by atomic mass is 16.6. The summed E-state index contributed by atoms with van der Waals surface area (Å²) in [7, 11) is 1.73. The third-order valence-electron chi connectivity index (χ3n) is 3.62. The molecule has 0 aliphatic carbocycles. The number of hydrogen-bond donors (Lipinski definition) is 0. The first kappa shape index (κ1) is 15.8. The number of hydrogen-bond acceptors (Lipinski definition) is 4. The van der Waals surface area contributed by atoms with Gasteiger partial charge in [0.05, 0.1) is 0 Å². The summed E-state index contributed by atoms with van der Waals surface area (Å²) in [6.45, 7) is 5.21. The monoisotopic (exact) mass is 292 g/mol. The quantitative estimate of drug-likeness (QED) is 0.781. The number of rotatable bonds is 5. The molecular weight excluding hydrogens is 268 g/mol. The fraction of sp³-hybridized carbons (Fsp3) is 0.562. The standard InChI is InChI=1S/C16H24N2O3/c1-20-14-6-10-17-9-5-11-18(13-12-17)16(19)21-15-7-3-2-4-8-15/h2-4,7-8H,5-6,9-14H2,1H3. The number of methoxy groups -OCH3 is 1. The molecule has 1 aromatic carbocycles. The van der Waals surface area contributed by atoms with E-state index >= 15 is 0 Å². The summed E-state index contributed by atoms with van der Waals surface area (Å²) in [5.41, 5.74) is 0. The van der Waals surface area contributed by atoms with E-state index in [0.717, 1.165) is 52.2 Å². The summed E-state index contributed by atoms with van der Waals surface area (Å²) >= 11 is 0. The predicted octanol–water partition coefficient (Wildman–Crippen LogP) is 2.23. The van der Waals surface area contributed by atoms with Crippen LogP contribution in [0.3, 0.4) is 0 Å². The van der Waals surface area contributed by atoms with Crippen LogP contribution in [0.25, 0.3) is 0 Å². The molecule has 1 aliphatic heterocycles. The number of nitrogens with zero attached hydrogens (tertiary/aromatic N) is 2. The molecule has 1 heterocycles. The van der Waals surface area contributed by atoms with E-state index in [9.17, 15) is 4.79 Å². The van der Waals surface area contributed by atoms with Crippen LogP contribution in [0.4, 0.5) is 4.79 Å². The molecule has 0 spiro atoms. The van der Waals surface area contributed by atoms with Gasteiger partial charge in [-0.3, -0.25) is 0 Å². The van der Waals surface area contributed by atoms with Crippen molar-refractivity contribution in [3.05, 3.63) is 30.3 Å². The average Bonchev–Trinajstić information content (AvgIpc) is 2.74. The second-order valence-electron chi connectivity index (χ2n) is 5.21. The molecule has 2 rings (SSSR count). The molecule has 5 heteroatoms. The first-order chi connectivity index (χ1) is 10.3. The Morgan fingerprint density at radius 3 is 2.71 bits per heavy atom. The van der Waals surface area contributed by atoms with Gasteiger partial charge in [0.15, 0.2) is 0 Å². The van der Waals surface area contributed by atoms with Crippen LogP contribution >= 0.6 is 0 Å². The van der Waals surface area contributed by atoms with Crippen LogP contribution in [0.5, 0.6) is 5.75 Å². The lowest BCUT2D eigenvalue weighted by Gasteiger charge is -2.21. The Morgan fingerprint density at radius 2 is 1.95 bits per heavy atom. The van der Waals surface area contributed by atoms with Crippen LogP contribution in [-0.4, -0.2) is 62.3 Å². The molecule has 1 amide bonds. The van der Waals surface area contributed by atoms with Gasteiger partial charge in [-0.1, -0.05) is 18.2 Å². The largest absolute Gasteiger partial charge is 0.415 e. The fourth-order valence-electron chi connectivity index (χ4n) is 2.46. The highest BCUT2D eigenvalue weighted by Crippen LogP contribution is 2.12. The zero-order valence-corrected chi connectivity index (χ0v) is 12.7. The maximum Gasteiger partial charge on any atom is 0.415 e. The molecule has 0 atom stereocenters. The van der Waals surface area contributed by atoms with Crippen LogP contribution in [0.2, 0.25) is 0 Å². The lowest BCUT2D eigenvalue weighted by molar-refractivity contribution is 0.151. The summed E-state index contributed by atoms with van der Waals surface area (Å²) in [6, 6.07) is 9.23. The van der Waals surface area contributed by atoms with Gasteiger partial charge in [0.1, 0.15) is 5.75 Å². The van der Waals surface area contributed by atoms with Gasteiger partial charge >= 0.3 is 6.09 Å². The Balaban J connectivity index is 1.78. The summed E-state index contributed by atoms with van der Waals surface area (Å²) in [5, 5.41) is 0. The van der Waals surface area contributed by atoms with E-state index < -0.39 is 0 Å². The Labute approximate surface area is 126 Å². The van der Waals surface area contributed by atoms with Crippen LogP contribution in [0.1, 0.15) is 12.8 Å². The average molecular weight is 292 g/mol. The lowest BCUT2D eigenvalue weighted by atomic mass is 10.3. The molecule has 1 fully saturated rings. The molecule has 116 valence electrons. The number of para-hydroxylation sites is 1. The normalized spacial score (nSPS) is 16.5. The lowest BCUT2D eigenvalue weighted by Crippen LogP contribution is -2.37. The first-order valence-electron chi connectivity index (χ1n) is 7.52. The number of amides is 1. The van der Waals surface area contributed by atoms with Crippen molar-refractivity contribution in [3.63, 3.8) is 0 Å². The molecular formula is C16H24N2O3. The smallest absolute Gasteiger partial charge is 0.410 e. The van der Waals surface area contributed by atoms with Crippen LogP contribution in [0.15, 0.2) is 30.3 Å². The maximum atomic E-state index is 12.2. The van der Waals surface area contributed by atoms with Crippen LogP contribution < -0.4 is 4.74 Å². The van der Waals surface area contributed by atoms with E-state index in [0.29, 0.717) is 5.75 Å². The minimum atomic E-state index is -0.250. The number of benzene rings is 1. The van der Waals surface area contributed by atoms with Gasteiger partial charge in [-0.05, 0) is 31.5 Å². The third-order valence-corrected chi connectivity index (χ3v) is 3.62. The Kier molecular flexibility index (Phi) is 6.50. The molecule has 0 N–H and O–H groups in total. The molecule has 1 saturated heterocycles. The predicted molar refractivity (Wildman–Crippen MR) is 81.6 cm³/mol. The minimum Gasteiger partial charge on any atom is -0.410 e. The van der Waals surface area contributed by atoms with Gasteiger partial charge in [0.2, 0.25) is 0 Å². The zero-order chi connectivity index (χ0) is 14.9. The Hall–Kier alpha value is -1.59. The fourth-order valence-corrected chi connectivity index (χ4v) is 2.46. The van der Waals surface area contributed by atoms with E-state index in [1.165, 1.54) is 0 Å². The SMILES string of the molecule is COCCCN1CCCN(C(=O)Oc2ccccc2)CC1. The first-order valence-corrected chi connectivity index (χ1v) is 7.52. The summed E-state index contributed by atoms with van der Waals surface area (Å²) in [5.74, 6) is 0.601. The van der Waals surface area contributed by atoms with E-state index in [-0.39, 0.29) is 6.09 Å². The minimum absolute atomic E-state index is 0.250. The van der Waals surface area contributed by atoms with Gasteiger partial charge in [-0.25, -0.2) is 4.79 Å². The van der Waals surface area contributed by atoms with Crippen molar-refractivity contribution in [2.45, 2.75) is 12.8 Å². The second-order valence-corrected chi connectivity index (χ2v) is 5.21. The van der Waals surface area contributed by atoms with Gasteiger partial charge in [0.25, 0.3) is 0 Å². The molecule has 0 radical (unpaired) electrons. The van der Waals surface area contributed by atoms with Gasteiger partial charge in [0, 0.05) is 39.9 Å². The van der Waals surface area contributed by atoms with E-state index in [1.54, 1.807) is 24.1 Å². The Morgan fingerprint density at radius 1 is 1.14 bits per heavy atom. The van der Waals surface area contributed by atoms with E-state index in [1.807, 2.05) is 18.2 Å². The highest BCUT2D eigenvalue weighted by molar-refractivity contribution is 5.70. The third kappa shape index (κ3) is 5.36. The van der Waals surface area contributed by atoms with Crippen molar-refractivity contribution in [3.8, 4) is 5.75 Å². The van der Waals surface area contributed by atoms with Gasteiger partial charge in [-0.2, -0.15) is 0 Å². The van der Waals surface area contributed by atoms with Crippen molar-refractivity contribution in [1.29, 1.82) is 0 Å². The summed E-state index contributed by atoms with van der Waals surface area (Å²) in [6.07, 6.45) is 1.77. The second kappa shape index (κ2) is 8.64. The molecule has 1 aliphatic rings. The molecule has 0 unspecified atom stereocenters. The molecule has 1 aromatic rings. The van der Waals surface area contributed by atoms with Crippen molar-refractivity contribution in [2.75, 3.05) is 46.4 Å². The molecule has 0 saturated carbocycles. The number of ether oxygens (including phenoxy) is 2. The topological polar surface area (TPSA) is 42.0 Å². The Bertz CT molecular complexity index is 425. The maximum absolute atomic E-state index is 12.2. The summed E-state index contributed by atoms with van der Waals surface area (Å²) in [4.78, 5) is 16.3. The van der Waals surface area contributed by atoms with Gasteiger partial charge < -0.3 is 19.3 Å². The van der Waals surface area contributed by atoms with Crippen LogP contribution in [0, 0.1) is 0 Å². The van der Waals surface area contributed by atoms with Crippen molar-refractivity contribution >= 4 is 6.09 Å². The van der Waals surface area contributed by atoms with Crippen molar-refractivity contribution in [1.82, 2.24) is 9.80 Å². The zero-order valence-electron chi connectivity index (χ0n) is 12.7. The molecule has 5 nitrogen and oxygen atoms in total. The van der Waals surface area contributed by atoms with E-state index in [2.05, 4.69) is 4.90 Å². The van der Waals surface area contributed by atoms with Crippen LogP contribution in [-0.2, 0) is 4.74 Å². The summed E-state index contributed by atoms with van der Waals surface area (Å²) < 4.78 is 10.5.